The summed E-state index contributed by atoms with van der Waals surface area (Å²) in [6, 6.07) is 20.2. The lowest BCUT2D eigenvalue weighted by molar-refractivity contribution is 0.0239. The molecule has 4 rings (SSSR count). The first-order valence-corrected chi connectivity index (χ1v) is 13.4. The van der Waals surface area contributed by atoms with Crippen LogP contribution in [0.5, 0.6) is 0 Å². The smallest absolute Gasteiger partial charge is 0.340 e. The molecule has 3 N–H and O–H groups in total. The summed E-state index contributed by atoms with van der Waals surface area (Å²) in [6.45, 7) is 2.76. The third kappa shape index (κ3) is 7.87. The lowest BCUT2D eigenvalue weighted by Crippen LogP contribution is -2.46. The Hall–Kier alpha value is -4.34. The molecule has 0 saturated carbocycles. The Morgan fingerprint density at radius 3 is 2.39 bits per heavy atom. The maximum atomic E-state index is 13.8. The van der Waals surface area contributed by atoms with Crippen LogP contribution in [0.15, 0.2) is 89.5 Å². The van der Waals surface area contributed by atoms with Gasteiger partial charge in [-0.25, -0.2) is 13.6 Å². The number of carbonyl (C=O) groups excluding carboxylic acids is 2. The van der Waals surface area contributed by atoms with E-state index in [0.717, 1.165) is 18.1 Å². The number of benzene rings is 3. The van der Waals surface area contributed by atoms with Gasteiger partial charge in [0.1, 0.15) is 17.7 Å². The van der Waals surface area contributed by atoms with Gasteiger partial charge in [-0.05, 0) is 65.9 Å². The topological polar surface area (TPSA) is 97.8 Å². The van der Waals surface area contributed by atoms with Crippen molar-refractivity contribution in [2.24, 2.45) is 5.73 Å². The summed E-state index contributed by atoms with van der Waals surface area (Å²) in [4.78, 5) is 27.7. The van der Waals surface area contributed by atoms with Crippen LogP contribution in [0.3, 0.4) is 0 Å². The van der Waals surface area contributed by atoms with Gasteiger partial charge in [-0.3, -0.25) is 4.79 Å². The van der Waals surface area contributed by atoms with Crippen LogP contribution in [0.4, 0.5) is 14.5 Å². The van der Waals surface area contributed by atoms with Crippen LogP contribution >= 0.6 is 0 Å². The highest BCUT2D eigenvalue weighted by Gasteiger charge is 2.27. The van der Waals surface area contributed by atoms with Crippen molar-refractivity contribution in [3.63, 3.8) is 0 Å². The van der Waals surface area contributed by atoms with Crippen LogP contribution in [0.25, 0.3) is 0 Å². The fourth-order valence-corrected chi connectivity index (χ4v) is 4.55. The SMILES string of the molecule is CCc1cccc(CNC[C@@H](OC(=O)c2ccccc2N(C)C(=O)c2ccco2)[C@@H](N)Cc2cc(F)cc(F)c2)c1. The van der Waals surface area contributed by atoms with E-state index in [1.807, 2.05) is 18.2 Å². The van der Waals surface area contributed by atoms with Crippen molar-refractivity contribution in [3.8, 4) is 0 Å². The van der Waals surface area contributed by atoms with E-state index in [0.29, 0.717) is 17.8 Å². The molecule has 3 aromatic carbocycles. The van der Waals surface area contributed by atoms with Crippen LogP contribution in [-0.4, -0.2) is 37.6 Å². The fourth-order valence-electron chi connectivity index (χ4n) is 4.55. The molecule has 41 heavy (non-hydrogen) atoms. The van der Waals surface area contributed by atoms with Crippen molar-refractivity contribution in [2.45, 2.75) is 38.5 Å². The van der Waals surface area contributed by atoms with Gasteiger partial charge in [0.15, 0.2) is 5.76 Å². The average Bonchev–Trinajstić information content (AvgIpc) is 3.50. The first kappa shape index (κ1) is 29.6. The monoisotopic (exact) mass is 561 g/mol. The summed E-state index contributed by atoms with van der Waals surface area (Å²) in [6.07, 6.45) is 1.50. The molecule has 0 bridgehead atoms. The lowest BCUT2D eigenvalue weighted by atomic mass is 10.0. The van der Waals surface area contributed by atoms with Crippen LogP contribution in [-0.2, 0) is 24.1 Å². The van der Waals surface area contributed by atoms with Crippen molar-refractivity contribution in [1.29, 1.82) is 0 Å². The van der Waals surface area contributed by atoms with E-state index in [4.69, 9.17) is 14.9 Å². The molecule has 1 aromatic heterocycles. The van der Waals surface area contributed by atoms with Crippen molar-refractivity contribution in [3.05, 3.63) is 125 Å². The van der Waals surface area contributed by atoms with Crippen molar-refractivity contribution < 1.29 is 27.5 Å². The standard InChI is InChI=1S/C32H33F2N3O4/c1-3-21-8-6-9-22(14-21)19-36-20-30(27(35)17-23-15-24(33)18-25(34)16-23)41-32(39)26-10-4-5-11-28(26)37(2)31(38)29-12-7-13-40-29/h4-16,18,27,30,36H,3,17,19-20,35H2,1-2H3/t27-,30+/m0/s1. The number of nitrogens with zero attached hydrogens (tertiary/aromatic N) is 1. The molecule has 4 aromatic rings. The van der Waals surface area contributed by atoms with E-state index in [1.165, 1.54) is 42.0 Å². The molecule has 1 heterocycles. The number of carbonyl (C=O) groups is 2. The summed E-state index contributed by atoms with van der Waals surface area (Å²) in [5.41, 5.74) is 9.54. The Labute approximate surface area is 237 Å². The normalized spacial score (nSPS) is 12.5. The van der Waals surface area contributed by atoms with Gasteiger partial charge in [-0.1, -0.05) is 43.3 Å². The Kier molecular flexibility index (Phi) is 10.00. The predicted molar refractivity (Wildman–Crippen MR) is 153 cm³/mol. The van der Waals surface area contributed by atoms with Crippen molar-refractivity contribution in [1.82, 2.24) is 5.32 Å². The number of ether oxygens (including phenoxy) is 1. The number of furan rings is 1. The van der Waals surface area contributed by atoms with Crippen LogP contribution < -0.4 is 16.0 Å². The van der Waals surface area contributed by atoms with Gasteiger partial charge in [0, 0.05) is 32.2 Å². The molecule has 0 aliphatic heterocycles. The Morgan fingerprint density at radius 2 is 1.68 bits per heavy atom. The van der Waals surface area contributed by atoms with E-state index in [9.17, 15) is 18.4 Å². The van der Waals surface area contributed by atoms with Gasteiger partial charge in [-0.2, -0.15) is 0 Å². The van der Waals surface area contributed by atoms with Gasteiger partial charge in [-0.15, -0.1) is 0 Å². The lowest BCUT2D eigenvalue weighted by Gasteiger charge is -2.26. The number of esters is 1. The molecule has 0 aliphatic carbocycles. The Balaban J connectivity index is 1.53. The van der Waals surface area contributed by atoms with Crippen molar-refractivity contribution >= 4 is 17.6 Å². The van der Waals surface area contributed by atoms with Gasteiger partial charge in [0.05, 0.1) is 17.5 Å². The van der Waals surface area contributed by atoms with E-state index < -0.39 is 35.7 Å². The van der Waals surface area contributed by atoms with Gasteiger partial charge in [0.2, 0.25) is 0 Å². The highest BCUT2D eigenvalue weighted by Crippen LogP contribution is 2.23. The van der Waals surface area contributed by atoms with Gasteiger partial charge < -0.3 is 25.1 Å². The van der Waals surface area contributed by atoms with Crippen LogP contribution in [0, 0.1) is 11.6 Å². The first-order chi connectivity index (χ1) is 19.7. The molecule has 0 spiro atoms. The quantitative estimate of drug-likeness (QED) is 0.229. The molecule has 1 amide bonds. The molecule has 214 valence electrons. The second-order valence-corrected chi connectivity index (χ2v) is 9.75. The molecule has 0 fully saturated rings. The number of hydrogen-bond donors (Lipinski definition) is 2. The zero-order valence-electron chi connectivity index (χ0n) is 23.0. The van der Waals surface area contributed by atoms with Gasteiger partial charge in [0.25, 0.3) is 5.91 Å². The maximum absolute atomic E-state index is 13.8. The minimum Gasteiger partial charge on any atom is -0.459 e. The second kappa shape index (κ2) is 13.8. The number of rotatable bonds is 12. The predicted octanol–water partition coefficient (Wildman–Crippen LogP) is 5.28. The largest absolute Gasteiger partial charge is 0.459 e. The van der Waals surface area contributed by atoms with Crippen LogP contribution in [0.1, 0.15) is 44.5 Å². The highest BCUT2D eigenvalue weighted by atomic mass is 19.1. The molecule has 7 nitrogen and oxygen atoms in total. The number of nitrogens with two attached hydrogens (primary N) is 1. The number of halogens is 2. The molecule has 0 aliphatic rings. The molecule has 2 atom stereocenters. The fraction of sp³-hybridized carbons (Fsp3) is 0.250. The van der Waals surface area contributed by atoms with Gasteiger partial charge >= 0.3 is 5.97 Å². The molecule has 0 unspecified atom stereocenters. The zero-order valence-corrected chi connectivity index (χ0v) is 23.0. The minimum atomic E-state index is -0.859. The Bertz CT molecular complexity index is 1460. The summed E-state index contributed by atoms with van der Waals surface area (Å²) < 4.78 is 38.8. The molecular weight excluding hydrogens is 528 g/mol. The molecule has 9 heteroatoms. The van der Waals surface area contributed by atoms with E-state index in [2.05, 4.69) is 18.3 Å². The molecule has 0 radical (unpaired) electrons. The third-order valence-electron chi connectivity index (χ3n) is 6.73. The Morgan fingerprint density at radius 1 is 0.951 bits per heavy atom. The number of para-hydroxylation sites is 1. The summed E-state index contributed by atoms with van der Waals surface area (Å²) in [5, 5.41) is 3.29. The molecular formula is C32H33F2N3O4. The first-order valence-electron chi connectivity index (χ1n) is 13.4. The number of hydrogen-bond acceptors (Lipinski definition) is 6. The maximum Gasteiger partial charge on any atom is 0.340 e. The highest BCUT2D eigenvalue weighted by molar-refractivity contribution is 6.08. The van der Waals surface area contributed by atoms with E-state index >= 15 is 0 Å². The number of amides is 1. The number of aryl methyl sites for hydroxylation is 1. The van der Waals surface area contributed by atoms with E-state index in [1.54, 1.807) is 30.3 Å². The minimum absolute atomic E-state index is 0.0676. The second-order valence-electron chi connectivity index (χ2n) is 9.75. The summed E-state index contributed by atoms with van der Waals surface area (Å²) in [7, 11) is 1.53. The van der Waals surface area contributed by atoms with Crippen LogP contribution in [0.2, 0.25) is 0 Å². The number of nitrogens with one attached hydrogen (secondary N) is 1. The van der Waals surface area contributed by atoms with E-state index in [-0.39, 0.29) is 24.3 Å². The average molecular weight is 562 g/mol. The summed E-state index contributed by atoms with van der Waals surface area (Å²) in [5.74, 6) is -2.44. The zero-order chi connectivity index (χ0) is 29.4. The molecule has 0 saturated heterocycles. The third-order valence-corrected chi connectivity index (χ3v) is 6.73. The van der Waals surface area contributed by atoms with Crippen molar-refractivity contribution in [2.75, 3.05) is 18.5 Å². The number of anilines is 1. The summed E-state index contributed by atoms with van der Waals surface area (Å²) >= 11 is 0.